The van der Waals surface area contributed by atoms with E-state index in [0.29, 0.717) is 23.3 Å². The molecule has 0 unspecified atom stereocenters. The molecule has 4 aliphatic rings. The van der Waals surface area contributed by atoms with E-state index in [1.165, 1.54) is 19.3 Å². The minimum Gasteiger partial charge on any atom is -0.421 e. The topological polar surface area (TPSA) is 62.6 Å². The number of fused-ring (bicyclic) bond motifs is 1. The number of nitrogens with one attached hydrogen (secondary N) is 1. The number of anilines is 2. The maximum Gasteiger partial charge on any atom is 0.360 e. The van der Waals surface area contributed by atoms with Gasteiger partial charge in [0.25, 0.3) is 0 Å². The van der Waals surface area contributed by atoms with E-state index in [9.17, 15) is 9.59 Å². The van der Waals surface area contributed by atoms with Crippen molar-refractivity contribution < 1.29 is 9.21 Å². The van der Waals surface area contributed by atoms with E-state index >= 15 is 0 Å². The van der Waals surface area contributed by atoms with E-state index in [-0.39, 0.29) is 17.0 Å². The normalized spacial score (nSPS) is 29.9. The molecule has 1 amide bonds. The Morgan fingerprint density at radius 2 is 1.69 bits per heavy atom. The van der Waals surface area contributed by atoms with Gasteiger partial charge < -0.3 is 14.6 Å². The summed E-state index contributed by atoms with van der Waals surface area (Å²) in [5.41, 5.74) is 1.13. The molecule has 4 aliphatic carbocycles. The summed E-state index contributed by atoms with van der Waals surface area (Å²) >= 11 is 0. The average molecular weight is 395 g/mol. The third-order valence-electron chi connectivity index (χ3n) is 7.62. The lowest BCUT2D eigenvalue weighted by molar-refractivity contribution is -0.140. The van der Waals surface area contributed by atoms with Crippen molar-refractivity contribution in [2.45, 2.75) is 52.4 Å². The van der Waals surface area contributed by atoms with Crippen LogP contribution in [0.2, 0.25) is 0 Å². The molecule has 1 heterocycles. The maximum atomic E-state index is 13.3. The Kier molecular flexibility index (Phi) is 4.45. The van der Waals surface area contributed by atoms with E-state index in [0.717, 1.165) is 43.4 Å². The van der Waals surface area contributed by atoms with Crippen LogP contribution in [0.15, 0.2) is 33.5 Å². The molecule has 0 spiro atoms. The second-order valence-electron chi connectivity index (χ2n) is 9.49. The van der Waals surface area contributed by atoms with Crippen LogP contribution in [-0.2, 0) is 4.79 Å². The summed E-state index contributed by atoms with van der Waals surface area (Å²) in [5, 5.41) is 3.80. The van der Waals surface area contributed by atoms with Crippen LogP contribution in [0.5, 0.6) is 0 Å². The first-order valence-electron chi connectivity index (χ1n) is 11.1. The van der Waals surface area contributed by atoms with Crippen LogP contribution < -0.4 is 15.8 Å². The zero-order valence-electron chi connectivity index (χ0n) is 17.4. The molecule has 29 heavy (non-hydrogen) atoms. The van der Waals surface area contributed by atoms with Gasteiger partial charge in [0.05, 0.1) is 5.41 Å². The summed E-state index contributed by atoms with van der Waals surface area (Å²) in [6.07, 6.45) is 6.82. The molecule has 6 rings (SSSR count). The SMILES string of the molecule is CCN(CC)c1ccc2cc(NC(=O)C34CC5CC(CC(C5)C3)C4)c(=O)oc2c1. The smallest absolute Gasteiger partial charge is 0.360 e. The van der Waals surface area contributed by atoms with Crippen molar-refractivity contribution in [3.8, 4) is 0 Å². The number of rotatable bonds is 5. The molecule has 2 aromatic rings. The second-order valence-corrected chi connectivity index (χ2v) is 9.49. The van der Waals surface area contributed by atoms with Crippen LogP contribution in [0.25, 0.3) is 11.0 Å². The maximum absolute atomic E-state index is 13.3. The highest BCUT2D eigenvalue weighted by molar-refractivity contribution is 5.97. The monoisotopic (exact) mass is 394 g/mol. The lowest BCUT2D eigenvalue weighted by atomic mass is 9.49. The quantitative estimate of drug-likeness (QED) is 0.741. The average Bonchev–Trinajstić information content (AvgIpc) is 2.68. The highest BCUT2D eigenvalue weighted by Crippen LogP contribution is 2.60. The van der Waals surface area contributed by atoms with Crippen molar-refractivity contribution in [2.75, 3.05) is 23.3 Å². The standard InChI is InChI=1S/C24H30N2O3/c1-3-26(4-2)19-6-5-18-10-20(22(27)29-21(18)11-19)25-23(28)24-12-15-7-16(13-24)9-17(8-15)14-24/h5-6,10-11,15-17H,3-4,7-9,12-14H2,1-2H3,(H,25,28). The first kappa shape index (κ1) is 18.7. The molecule has 1 aromatic heterocycles. The number of nitrogens with zero attached hydrogens (tertiary/aromatic N) is 1. The van der Waals surface area contributed by atoms with Gasteiger partial charge >= 0.3 is 5.63 Å². The molecule has 4 bridgehead atoms. The zero-order valence-corrected chi connectivity index (χ0v) is 17.4. The summed E-state index contributed by atoms with van der Waals surface area (Å²) in [6, 6.07) is 7.69. The van der Waals surface area contributed by atoms with Crippen LogP contribution in [-0.4, -0.2) is 19.0 Å². The lowest BCUT2D eigenvalue weighted by Gasteiger charge is -2.55. The molecule has 5 heteroatoms. The fraction of sp³-hybridized carbons (Fsp3) is 0.583. The third-order valence-corrected chi connectivity index (χ3v) is 7.62. The van der Waals surface area contributed by atoms with E-state index in [1.807, 2.05) is 18.2 Å². The van der Waals surface area contributed by atoms with Crippen LogP contribution in [0.1, 0.15) is 52.4 Å². The first-order valence-corrected chi connectivity index (χ1v) is 11.1. The predicted molar refractivity (Wildman–Crippen MR) is 115 cm³/mol. The number of carbonyl (C=O) groups is 1. The Labute approximate surface area is 171 Å². The Bertz CT molecular complexity index is 970. The highest BCUT2D eigenvalue weighted by Gasteiger charge is 2.54. The fourth-order valence-electron chi connectivity index (χ4n) is 6.62. The Morgan fingerprint density at radius 3 is 2.28 bits per heavy atom. The lowest BCUT2D eigenvalue weighted by Crippen LogP contribution is -2.52. The molecule has 1 N–H and O–H groups in total. The first-order chi connectivity index (χ1) is 14.0. The zero-order chi connectivity index (χ0) is 20.2. The Balaban J connectivity index is 1.42. The predicted octanol–water partition coefficient (Wildman–Crippen LogP) is 4.79. The van der Waals surface area contributed by atoms with E-state index in [1.54, 1.807) is 6.07 Å². The summed E-state index contributed by atoms with van der Waals surface area (Å²) in [4.78, 5) is 28.1. The van der Waals surface area contributed by atoms with Gasteiger partial charge in [0, 0.05) is 30.2 Å². The molecule has 0 radical (unpaired) electrons. The van der Waals surface area contributed by atoms with Crippen LogP contribution in [0.3, 0.4) is 0 Å². The van der Waals surface area contributed by atoms with Crippen LogP contribution in [0, 0.1) is 23.2 Å². The minimum atomic E-state index is -0.465. The summed E-state index contributed by atoms with van der Waals surface area (Å²) in [5.74, 6) is 2.11. The minimum absolute atomic E-state index is 0.0306. The number of benzene rings is 1. The van der Waals surface area contributed by atoms with Crippen molar-refractivity contribution >= 4 is 28.3 Å². The molecule has 1 aromatic carbocycles. The van der Waals surface area contributed by atoms with Crippen molar-refractivity contribution in [2.24, 2.45) is 23.2 Å². The second kappa shape index (κ2) is 6.89. The molecular formula is C24H30N2O3. The number of amides is 1. The van der Waals surface area contributed by atoms with Gasteiger partial charge in [-0.05, 0) is 88.3 Å². The number of carbonyl (C=O) groups excluding carboxylic acids is 1. The van der Waals surface area contributed by atoms with E-state index in [4.69, 9.17) is 4.42 Å². The molecular weight excluding hydrogens is 364 g/mol. The van der Waals surface area contributed by atoms with Gasteiger partial charge in [-0.25, -0.2) is 4.79 Å². The molecule has 4 fully saturated rings. The van der Waals surface area contributed by atoms with Crippen molar-refractivity contribution in [1.29, 1.82) is 0 Å². The van der Waals surface area contributed by atoms with Gasteiger partial charge in [0.2, 0.25) is 5.91 Å². The van der Waals surface area contributed by atoms with Gasteiger partial charge in [-0.15, -0.1) is 0 Å². The molecule has 0 atom stereocenters. The number of hydrogen-bond acceptors (Lipinski definition) is 4. The van der Waals surface area contributed by atoms with Gasteiger partial charge in [0.1, 0.15) is 11.3 Å². The summed E-state index contributed by atoms with van der Waals surface area (Å²) in [6.45, 7) is 6.00. The molecule has 4 saturated carbocycles. The van der Waals surface area contributed by atoms with Crippen LogP contribution >= 0.6 is 0 Å². The highest BCUT2D eigenvalue weighted by atomic mass is 16.4. The Hall–Kier alpha value is -2.30. The van der Waals surface area contributed by atoms with Crippen molar-refractivity contribution in [3.05, 3.63) is 34.7 Å². The van der Waals surface area contributed by atoms with E-state index < -0.39 is 5.63 Å². The van der Waals surface area contributed by atoms with Crippen LogP contribution in [0.4, 0.5) is 11.4 Å². The van der Waals surface area contributed by atoms with Crippen molar-refractivity contribution in [3.63, 3.8) is 0 Å². The fourth-order valence-corrected chi connectivity index (χ4v) is 6.62. The van der Waals surface area contributed by atoms with E-state index in [2.05, 4.69) is 24.1 Å². The van der Waals surface area contributed by atoms with Gasteiger partial charge in [0.15, 0.2) is 0 Å². The largest absolute Gasteiger partial charge is 0.421 e. The van der Waals surface area contributed by atoms with Gasteiger partial charge in [-0.3, -0.25) is 4.79 Å². The van der Waals surface area contributed by atoms with Gasteiger partial charge in [-0.1, -0.05) is 0 Å². The summed E-state index contributed by atoms with van der Waals surface area (Å²) < 4.78 is 5.60. The third kappa shape index (κ3) is 3.15. The summed E-state index contributed by atoms with van der Waals surface area (Å²) in [7, 11) is 0. The Morgan fingerprint density at radius 1 is 1.07 bits per heavy atom. The number of hydrogen-bond donors (Lipinski definition) is 1. The van der Waals surface area contributed by atoms with Gasteiger partial charge in [-0.2, -0.15) is 0 Å². The molecule has 0 aliphatic heterocycles. The van der Waals surface area contributed by atoms with Crippen molar-refractivity contribution in [1.82, 2.24) is 0 Å². The molecule has 154 valence electrons. The molecule has 0 saturated heterocycles. The molecule has 5 nitrogen and oxygen atoms in total.